The Kier molecular flexibility index (Phi) is 13.4. The molecule has 0 saturated heterocycles. The van der Waals surface area contributed by atoms with E-state index in [1.54, 1.807) is 0 Å². The molecule has 0 N–H and O–H groups in total. The largest absolute Gasteiger partial charge is 0.508 e. The van der Waals surface area contributed by atoms with Gasteiger partial charge in [0.25, 0.3) is 0 Å². The van der Waals surface area contributed by atoms with E-state index >= 15 is 0 Å². The molecule has 0 heterocycles. The zero-order chi connectivity index (χ0) is 16.7. The van der Waals surface area contributed by atoms with Crippen LogP contribution < -0.4 is 0 Å². The molecule has 0 radical (unpaired) electrons. The summed E-state index contributed by atoms with van der Waals surface area (Å²) in [5.41, 5.74) is 0. The van der Waals surface area contributed by atoms with Crippen molar-refractivity contribution in [3.63, 3.8) is 0 Å². The Labute approximate surface area is 137 Å². The van der Waals surface area contributed by atoms with Gasteiger partial charge in [-0.3, -0.25) is 0 Å². The van der Waals surface area contributed by atoms with Gasteiger partial charge in [-0.2, -0.15) is 0 Å². The first kappa shape index (κ1) is 21.2. The summed E-state index contributed by atoms with van der Waals surface area (Å²) in [4.78, 5) is 11.3. The van der Waals surface area contributed by atoms with Crippen LogP contribution in [0.1, 0.15) is 71.1 Å². The van der Waals surface area contributed by atoms with Crippen LogP contribution in [0.3, 0.4) is 0 Å². The summed E-state index contributed by atoms with van der Waals surface area (Å²) >= 11 is 0. The van der Waals surface area contributed by atoms with Crippen LogP contribution in [0.15, 0.2) is 0 Å². The number of hydrogen-bond acceptors (Lipinski definition) is 3. The quantitative estimate of drug-likeness (QED) is 0.263. The molecular formula is C18H38NO3+. The minimum Gasteiger partial charge on any atom is -0.434 e. The molecule has 4 heteroatoms. The Hall–Kier alpha value is -0.770. The predicted molar refractivity (Wildman–Crippen MR) is 92.0 cm³/mol. The van der Waals surface area contributed by atoms with Crippen LogP contribution in [0, 0.1) is 0 Å². The van der Waals surface area contributed by atoms with Gasteiger partial charge in [0.15, 0.2) is 0 Å². The van der Waals surface area contributed by atoms with E-state index in [1.807, 2.05) is 0 Å². The van der Waals surface area contributed by atoms with E-state index in [0.29, 0.717) is 13.2 Å². The summed E-state index contributed by atoms with van der Waals surface area (Å²) in [5.74, 6) is 0. The number of nitrogens with zero attached hydrogens (tertiary/aromatic N) is 1. The lowest BCUT2D eigenvalue weighted by Crippen LogP contribution is -2.38. The lowest BCUT2D eigenvalue weighted by atomic mass is 10.1. The molecule has 132 valence electrons. The van der Waals surface area contributed by atoms with Crippen molar-refractivity contribution in [1.29, 1.82) is 0 Å². The third-order valence-electron chi connectivity index (χ3n) is 3.70. The van der Waals surface area contributed by atoms with E-state index in [4.69, 9.17) is 9.47 Å². The summed E-state index contributed by atoms with van der Waals surface area (Å²) < 4.78 is 10.9. The summed E-state index contributed by atoms with van der Waals surface area (Å²) in [6, 6.07) is 0. The first-order valence-corrected chi connectivity index (χ1v) is 9.05. The Morgan fingerprint density at radius 2 is 1.18 bits per heavy atom. The Morgan fingerprint density at radius 3 is 1.68 bits per heavy atom. The van der Waals surface area contributed by atoms with Gasteiger partial charge in [-0.15, -0.1) is 0 Å². The zero-order valence-corrected chi connectivity index (χ0v) is 15.4. The molecule has 0 bridgehead atoms. The average Bonchev–Trinajstić information content (AvgIpc) is 2.43. The summed E-state index contributed by atoms with van der Waals surface area (Å²) in [6.07, 6.45) is 12.3. The van der Waals surface area contributed by atoms with Crippen molar-refractivity contribution in [2.24, 2.45) is 0 Å². The van der Waals surface area contributed by atoms with Gasteiger partial charge in [-0.1, -0.05) is 64.7 Å². The van der Waals surface area contributed by atoms with E-state index in [1.165, 1.54) is 51.4 Å². The molecule has 0 aliphatic carbocycles. The van der Waals surface area contributed by atoms with Crippen molar-refractivity contribution < 1.29 is 18.8 Å². The molecule has 0 fully saturated rings. The number of likely N-dealkylation sites (N-methyl/N-ethyl adjacent to an activating group) is 1. The third kappa shape index (κ3) is 17.3. The molecule has 0 rings (SSSR count). The molecule has 0 aliphatic heterocycles. The van der Waals surface area contributed by atoms with Gasteiger partial charge >= 0.3 is 6.16 Å². The van der Waals surface area contributed by atoms with Crippen LogP contribution in [0.4, 0.5) is 4.79 Å². The molecule has 0 unspecified atom stereocenters. The number of ether oxygens (including phenoxy) is 2. The normalized spacial score (nSPS) is 11.5. The van der Waals surface area contributed by atoms with Gasteiger partial charge in [0.05, 0.1) is 27.7 Å². The van der Waals surface area contributed by atoms with Crippen LogP contribution in [-0.4, -0.2) is 51.5 Å². The van der Waals surface area contributed by atoms with Crippen LogP contribution in [0.25, 0.3) is 0 Å². The lowest BCUT2D eigenvalue weighted by molar-refractivity contribution is -0.870. The first-order valence-electron chi connectivity index (χ1n) is 9.05. The number of carbonyl (C=O) groups is 1. The van der Waals surface area contributed by atoms with E-state index in [-0.39, 0.29) is 0 Å². The molecule has 4 nitrogen and oxygen atoms in total. The van der Waals surface area contributed by atoms with E-state index in [0.717, 1.165) is 23.9 Å². The van der Waals surface area contributed by atoms with Crippen molar-refractivity contribution in [3.8, 4) is 0 Å². The molecule has 0 amide bonds. The monoisotopic (exact) mass is 316 g/mol. The van der Waals surface area contributed by atoms with Crippen LogP contribution >= 0.6 is 0 Å². The maximum absolute atomic E-state index is 11.3. The minimum absolute atomic E-state index is 0.417. The molecule has 0 spiro atoms. The van der Waals surface area contributed by atoms with Gasteiger partial charge in [-0.05, 0) is 6.42 Å². The number of carbonyl (C=O) groups excluding carboxylic acids is 1. The Bertz CT molecular complexity index is 262. The van der Waals surface area contributed by atoms with Crippen molar-refractivity contribution in [2.45, 2.75) is 71.1 Å². The van der Waals surface area contributed by atoms with Crippen molar-refractivity contribution >= 4 is 6.16 Å². The minimum atomic E-state index is -0.524. The van der Waals surface area contributed by atoms with Crippen molar-refractivity contribution in [2.75, 3.05) is 40.9 Å². The SMILES string of the molecule is CCCCCCCCCCCCOC(=O)OCC[N+](C)(C)C. The van der Waals surface area contributed by atoms with Gasteiger partial charge in [0, 0.05) is 0 Å². The molecule has 0 aromatic heterocycles. The maximum atomic E-state index is 11.3. The summed E-state index contributed by atoms with van der Waals surface area (Å²) in [6.45, 7) is 3.95. The summed E-state index contributed by atoms with van der Waals surface area (Å²) in [5, 5.41) is 0. The lowest BCUT2D eigenvalue weighted by Gasteiger charge is -2.23. The molecule has 22 heavy (non-hydrogen) atoms. The number of unbranched alkanes of at least 4 members (excludes halogenated alkanes) is 9. The Balaban J connectivity index is 3.20. The molecule has 0 atom stereocenters. The molecule has 0 aromatic rings. The molecule has 0 aromatic carbocycles. The fourth-order valence-corrected chi connectivity index (χ4v) is 2.19. The van der Waals surface area contributed by atoms with E-state index in [2.05, 4.69) is 28.1 Å². The second-order valence-electron chi connectivity index (χ2n) is 7.14. The smallest absolute Gasteiger partial charge is 0.434 e. The molecule has 0 aliphatic rings. The van der Waals surface area contributed by atoms with Crippen LogP contribution in [0.5, 0.6) is 0 Å². The molecular weight excluding hydrogens is 278 g/mol. The van der Waals surface area contributed by atoms with Gasteiger partial charge < -0.3 is 14.0 Å². The van der Waals surface area contributed by atoms with Gasteiger partial charge in [0.1, 0.15) is 13.2 Å². The highest BCUT2D eigenvalue weighted by molar-refractivity contribution is 5.59. The standard InChI is InChI=1S/C18H38NO3/c1-5-6-7-8-9-10-11-12-13-14-16-21-18(20)22-17-15-19(2,3)4/h5-17H2,1-4H3/q+1. The average molecular weight is 317 g/mol. The second-order valence-corrected chi connectivity index (χ2v) is 7.14. The number of quaternary nitrogens is 1. The number of rotatable bonds is 14. The van der Waals surface area contributed by atoms with Crippen molar-refractivity contribution in [3.05, 3.63) is 0 Å². The maximum Gasteiger partial charge on any atom is 0.508 e. The highest BCUT2D eigenvalue weighted by Gasteiger charge is 2.09. The topological polar surface area (TPSA) is 35.5 Å². The summed E-state index contributed by atoms with van der Waals surface area (Å²) in [7, 11) is 6.20. The van der Waals surface area contributed by atoms with Gasteiger partial charge in [-0.25, -0.2) is 4.79 Å². The van der Waals surface area contributed by atoms with Crippen LogP contribution in [-0.2, 0) is 9.47 Å². The Morgan fingerprint density at radius 1 is 0.727 bits per heavy atom. The third-order valence-corrected chi connectivity index (χ3v) is 3.70. The molecule has 0 saturated carbocycles. The predicted octanol–water partition coefficient (Wildman–Crippen LogP) is 4.77. The van der Waals surface area contributed by atoms with E-state index in [9.17, 15) is 4.79 Å². The number of hydrogen-bond donors (Lipinski definition) is 0. The van der Waals surface area contributed by atoms with Crippen molar-refractivity contribution in [1.82, 2.24) is 0 Å². The van der Waals surface area contributed by atoms with E-state index < -0.39 is 6.16 Å². The second kappa shape index (κ2) is 13.9. The first-order chi connectivity index (χ1) is 10.5. The highest BCUT2D eigenvalue weighted by Crippen LogP contribution is 2.10. The van der Waals surface area contributed by atoms with Crippen LogP contribution in [0.2, 0.25) is 0 Å². The fourth-order valence-electron chi connectivity index (χ4n) is 2.19. The zero-order valence-electron chi connectivity index (χ0n) is 15.4. The highest BCUT2D eigenvalue weighted by atomic mass is 16.7. The van der Waals surface area contributed by atoms with Gasteiger partial charge in [0.2, 0.25) is 0 Å². The fraction of sp³-hybridized carbons (Fsp3) is 0.944.